The lowest BCUT2D eigenvalue weighted by Gasteiger charge is -2.23. The number of aryl methyl sites for hydroxylation is 1. The van der Waals surface area contributed by atoms with E-state index in [2.05, 4.69) is 19.7 Å². The molecule has 1 aliphatic rings. The van der Waals surface area contributed by atoms with Crippen LogP contribution in [0.25, 0.3) is 0 Å². The van der Waals surface area contributed by atoms with E-state index in [-0.39, 0.29) is 12.2 Å². The second-order valence-corrected chi connectivity index (χ2v) is 6.17. The highest BCUT2D eigenvalue weighted by atomic mass is 19.4. The number of carbonyl (C=O) groups is 1. The first kappa shape index (κ1) is 18.3. The van der Waals surface area contributed by atoms with Gasteiger partial charge in [-0.2, -0.15) is 13.2 Å². The first-order valence-corrected chi connectivity index (χ1v) is 7.78. The molecule has 0 saturated heterocycles. The van der Waals surface area contributed by atoms with Crippen molar-refractivity contribution in [2.75, 3.05) is 0 Å². The molecule has 0 bridgehead atoms. The first-order chi connectivity index (χ1) is 12.2. The Labute approximate surface area is 145 Å². The second-order valence-electron chi connectivity index (χ2n) is 6.17. The van der Waals surface area contributed by atoms with Crippen LogP contribution in [0.1, 0.15) is 39.8 Å². The third-order valence-electron chi connectivity index (χ3n) is 4.35. The number of amides is 1. The van der Waals surface area contributed by atoms with Gasteiger partial charge in [-0.1, -0.05) is 0 Å². The van der Waals surface area contributed by atoms with Crippen LogP contribution in [0.5, 0.6) is 0 Å². The predicted molar refractivity (Wildman–Crippen MR) is 81.1 cm³/mol. The van der Waals surface area contributed by atoms with Crippen LogP contribution in [0.2, 0.25) is 0 Å². The van der Waals surface area contributed by atoms with Crippen molar-refractivity contribution in [2.45, 2.75) is 43.7 Å². The van der Waals surface area contributed by atoms with Crippen LogP contribution in [-0.2, 0) is 6.18 Å². The summed E-state index contributed by atoms with van der Waals surface area (Å²) < 4.78 is 43.7. The Kier molecular flexibility index (Phi) is 4.72. The predicted octanol–water partition coefficient (Wildman–Crippen LogP) is 1.40. The zero-order valence-corrected chi connectivity index (χ0v) is 13.6. The van der Waals surface area contributed by atoms with Crippen molar-refractivity contribution >= 4 is 5.91 Å². The fourth-order valence-electron chi connectivity index (χ4n) is 3.18. The molecule has 0 spiro atoms. The third kappa shape index (κ3) is 3.42. The van der Waals surface area contributed by atoms with Crippen molar-refractivity contribution in [3.05, 3.63) is 47.4 Å². The molecule has 3 N–H and O–H groups in total. The van der Waals surface area contributed by atoms with E-state index < -0.39 is 47.6 Å². The van der Waals surface area contributed by atoms with Gasteiger partial charge >= 0.3 is 6.18 Å². The highest BCUT2D eigenvalue weighted by molar-refractivity contribution is 5.95. The number of aliphatic hydroxyl groups excluding tert-OH is 2. The molecule has 1 amide bonds. The molecule has 7 nitrogen and oxygen atoms in total. The molecule has 0 radical (unpaired) electrons. The van der Waals surface area contributed by atoms with Gasteiger partial charge in [0, 0.05) is 18.3 Å². The van der Waals surface area contributed by atoms with Crippen molar-refractivity contribution < 1.29 is 32.6 Å². The number of hydrogen-bond donors (Lipinski definition) is 3. The minimum absolute atomic E-state index is 0.0671. The molecule has 0 aliphatic heterocycles. The number of hydrogen-bond acceptors (Lipinski definition) is 6. The molecule has 3 rings (SSSR count). The topological polar surface area (TPSA) is 108 Å². The lowest BCUT2D eigenvalue weighted by atomic mass is 9.95. The van der Waals surface area contributed by atoms with Crippen molar-refractivity contribution in [3.63, 3.8) is 0 Å². The van der Waals surface area contributed by atoms with E-state index in [0.29, 0.717) is 5.56 Å². The number of nitrogens with zero attached hydrogens (tertiary/aromatic N) is 2. The van der Waals surface area contributed by atoms with Gasteiger partial charge in [0.15, 0.2) is 0 Å². The number of carbonyl (C=O) groups excluding carboxylic acids is 1. The number of furan rings is 1. The molecule has 2 aromatic heterocycles. The van der Waals surface area contributed by atoms with Gasteiger partial charge in [-0.25, -0.2) is 9.97 Å². The van der Waals surface area contributed by atoms with Crippen LogP contribution < -0.4 is 5.32 Å². The van der Waals surface area contributed by atoms with Gasteiger partial charge in [-0.3, -0.25) is 4.79 Å². The Morgan fingerprint density at radius 1 is 1.31 bits per heavy atom. The molecule has 0 aromatic carbocycles. The van der Waals surface area contributed by atoms with Crippen LogP contribution in [0.4, 0.5) is 13.2 Å². The minimum Gasteiger partial charge on any atom is -0.456 e. The normalized spacial score (nSPS) is 26.1. The van der Waals surface area contributed by atoms with Crippen molar-refractivity contribution in [1.29, 1.82) is 0 Å². The van der Waals surface area contributed by atoms with Gasteiger partial charge in [-0.15, -0.1) is 0 Å². The highest BCUT2D eigenvalue weighted by Gasteiger charge is 2.45. The van der Waals surface area contributed by atoms with Crippen molar-refractivity contribution in [2.24, 2.45) is 0 Å². The zero-order valence-electron chi connectivity index (χ0n) is 13.6. The number of nitrogens with one attached hydrogen (secondary N) is 1. The SMILES string of the molecule is Cc1cc(C(=O)NC2C(c3cncnc3)CC(O)C2O)c(C(F)(F)F)o1. The summed E-state index contributed by atoms with van der Waals surface area (Å²) in [6.45, 7) is 1.30. The first-order valence-electron chi connectivity index (χ1n) is 7.78. The molecule has 4 unspecified atom stereocenters. The molecule has 26 heavy (non-hydrogen) atoms. The van der Waals surface area contributed by atoms with Crippen LogP contribution in [0, 0.1) is 6.92 Å². The average molecular weight is 371 g/mol. The molecular weight excluding hydrogens is 355 g/mol. The van der Waals surface area contributed by atoms with E-state index in [4.69, 9.17) is 0 Å². The molecule has 1 aliphatic carbocycles. The van der Waals surface area contributed by atoms with Gasteiger partial charge in [0.05, 0.1) is 17.7 Å². The summed E-state index contributed by atoms with van der Waals surface area (Å²) >= 11 is 0. The molecule has 10 heteroatoms. The lowest BCUT2D eigenvalue weighted by Crippen LogP contribution is -2.45. The van der Waals surface area contributed by atoms with Crippen LogP contribution in [0.15, 0.2) is 29.2 Å². The zero-order chi connectivity index (χ0) is 19.1. The quantitative estimate of drug-likeness (QED) is 0.753. The summed E-state index contributed by atoms with van der Waals surface area (Å²) in [4.78, 5) is 20.1. The molecular formula is C16H16F3N3O4. The maximum Gasteiger partial charge on any atom is 0.450 e. The molecule has 4 atom stereocenters. The van der Waals surface area contributed by atoms with Gasteiger partial charge < -0.3 is 19.9 Å². The Morgan fingerprint density at radius 2 is 1.96 bits per heavy atom. The Hall–Kier alpha value is -2.46. The van der Waals surface area contributed by atoms with Gasteiger partial charge in [-0.05, 0) is 25.0 Å². The van der Waals surface area contributed by atoms with Gasteiger partial charge in [0.2, 0.25) is 5.76 Å². The number of aromatic nitrogens is 2. The minimum atomic E-state index is -4.83. The summed E-state index contributed by atoms with van der Waals surface area (Å²) in [7, 11) is 0. The number of alkyl halides is 3. The molecule has 2 heterocycles. The number of aliphatic hydroxyl groups is 2. The third-order valence-corrected chi connectivity index (χ3v) is 4.35. The molecule has 2 aromatic rings. The monoisotopic (exact) mass is 371 g/mol. The second kappa shape index (κ2) is 6.69. The highest BCUT2D eigenvalue weighted by Crippen LogP contribution is 2.37. The molecule has 1 saturated carbocycles. The van der Waals surface area contributed by atoms with Crippen molar-refractivity contribution in [3.8, 4) is 0 Å². The summed E-state index contributed by atoms with van der Waals surface area (Å²) in [6, 6.07) is -0.0175. The Bertz CT molecular complexity index is 794. The Morgan fingerprint density at radius 3 is 2.58 bits per heavy atom. The van der Waals surface area contributed by atoms with E-state index in [1.807, 2.05) is 0 Å². The van der Waals surface area contributed by atoms with Gasteiger partial charge in [0.1, 0.15) is 18.2 Å². The summed E-state index contributed by atoms with van der Waals surface area (Å²) in [5.41, 5.74) is -0.125. The average Bonchev–Trinajstić information content (AvgIpc) is 3.11. The van der Waals surface area contributed by atoms with E-state index in [1.165, 1.54) is 25.6 Å². The standard InChI is InChI=1S/C16H16F3N3O4/c1-7-2-10(14(26-7)16(17,18)19)15(25)22-12-9(3-11(23)13(12)24)8-4-20-6-21-5-8/h2,4-6,9,11-13,23-24H,3H2,1H3,(H,22,25). The fraction of sp³-hybridized carbons (Fsp3) is 0.438. The number of rotatable bonds is 3. The van der Waals surface area contributed by atoms with E-state index in [9.17, 15) is 28.2 Å². The lowest BCUT2D eigenvalue weighted by molar-refractivity contribution is -0.153. The van der Waals surface area contributed by atoms with Crippen molar-refractivity contribution in [1.82, 2.24) is 15.3 Å². The summed E-state index contributed by atoms with van der Waals surface area (Å²) in [5, 5.41) is 22.5. The van der Waals surface area contributed by atoms with Crippen LogP contribution >= 0.6 is 0 Å². The maximum atomic E-state index is 13.0. The molecule has 140 valence electrons. The maximum absolute atomic E-state index is 13.0. The van der Waals surface area contributed by atoms with E-state index in [0.717, 1.165) is 6.07 Å². The van der Waals surface area contributed by atoms with Gasteiger partial charge in [0.25, 0.3) is 5.91 Å². The summed E-state index contributed by atoms with van der Waals surface area (Å²) in [6.07, 6.45) is -2.99. The largest absolute Gasteiger partial charge is 0.456 e. The smallest absolute Gasteiger partial charge is 0.450 e. The van der Waals surface area contributed by atoms with Crippen LogP contribution in [0.3, 0.4) is 0 Å². The number of halogens is 3. The molecule has 1 fully saturated rings. The summed E-state index contributed by atoms with van der Waals surface area (Å²) in [5.74, 6) is -3.07. The Balaban J connectivity index is 1.88. The fourth-order valence-corrected chi connectivity index (χ4v) is 3.18. The van der Waals surface area contributed by atoms with E-state index >= 15 is 0 Å². The van der Waals surface area contributed by atoms with Crippen LogP contribution in [-0.4, -0.2) is 44.3 Å². The van der Waals surface area contributed by atoms with E-state index in [1.54, 1.807) is 0 Å².